The minimum atomic E-state index is -1.07. The lowest BCUT2D eigenvalue weighted by molar-refractivity contribution is -0.134. The fourth-order valence-corrected chi connectivity index (χ4v) is 4.97. The maximum Gasteiger partial charge on any atom is 0.271 e. The van der Waals surface area contributed by atoms with Gasteiger partial charge in [-0.05, 0) is 63.1 Å². The van der Waals surface area contributed by atoms with Gasteiger partial charge in [0.2, 0.25) is 5.91 Å². The van der Waals surface area contributed by atoms with Crippen LogP contribution in [0.4, 0.5) is 0 Å². The molecule has 4 heterocycles. The van der Waals surface area contributed by atoms with Crippen LogP contribution in [0.3, 0.4) is 0 Å². The summed E-state index contributed by atoms with van der Waals surface area (Å²) in [6.07, 6.45) is 7.05. The average molecular weight is 436 g/mol. The van der Waals surface area contributed by atoms with Crippen LogP contribution in [0.2, 0.25) is 0 Å². The van der Waals surface area contributed by atoms with Crippen molar-refractivity contribution >= 4 is 11.8 Å². The second-order valence-electron chi connectivity index (χ2n) is 9.15. The highest BCUT2D eigenvalue weighted by atomic mass is 16.3. The van der Waals surface area contributed by atoms with E-state index >= 15 is 0 Å². The lowest BCUT2D eigenvalue weighted by Crippen LogP contribution is -2.64. The molecule has 0 spiro atoms. The third kappa shape index (κ3) is 3.55. The van der Waals surface area contributed by atoms with E-state index in [1.54, 1.807) is 17.2 Å². The number of rotatable bonds is 5. The van der Waals surface area contributed by atoms with Gasteiger partial charge in [-0.2, -0.15) is 0 Å². The van der Waals surface area contributed by atoms with Gasteiger partial charge in [0.05, 0.1) is 25.0 Å². The number of carbonyl (C=O) groups excluding carboxylic acids is 2. The minimum Gasteiger partial charge on any atom is -0.464 e. The van der Waals surface area contributed by atoms with Crippen LogP contribution < -0.4 is 5.32 Å². The Balaban J connectivity index is 1.52. The van der Waals surface area contributed by atoms with Gasteiger partial charge in [-0.25, -0.2) is 0 Å². The number of hydrogen-bond donors (Lipinski definition) is 1. The van der Waals surface area contributed by atoms with Crippen LogP contribution in [0.1, 0.15) is 61.0 Å². The van der Waals surface area contributed by atoms with Gasteiger partial charge in [0.15, 0.2) is 0 Å². The fourth-order valence-electron chi connectivity index (χ4n) is 4.97. The Labute approximate surface area is 187 Å². The second-order valence-corrected chi connectivity index (χ2v) is 9.15. The van der Waals surface area contributed by atoms with E-state index in [0.29, 0.717) is 23.8 Å². The Morgan fingerprint density at radius 3 is 2.59 bits per heavy atom. The van der Waals surface area contributed by atoms with E-state index in [1.807, 2.05) is 48.7 Å². The zero-order valence-corrected chi connectivity index (χ0v) is 18.6. The maximum absolute atomic E-state index is 13.7. The number of aryl methyl sites for hydroxylation is 1. The van der Waals surface area contributed by atoms with Crippen molar-refractivity contribution in [2.75, 3.05) is 0 Å². The Bertz CT molecular complexity index is 1120. The fraction of sp³-hybridized carbons (Fsp3) is 0.440. The first-order valence-electron chi connectivity index (χ1n) is 11.4. The molecule has 168 valence electrons. The van der Waals surface area contributed by atoms with Crippen LogP contribution in [0, 0.1) is 6.92 Å². The van der Waals surface area contributed by atoms with Crippen molar-refractivity contribution in [3.63, 3.8) is 0 Å². The molecule has 2 aliphatic rings. The number of aromatic nitrogens is 1. The Hall–Kier alpha value is -3.22. The van der Waals surface area contributed by atoms with Gasteiger partial charge >= 0.3 is 0 Å². The summed E-state index contributed by atoms with van der Waals surface area (Å²) in [6.45, 7) is 4.31. The van der Waals surface area contributed by atoms with Gasteiger partial charge in [-0.15, -0.1) is 0 Å². The molecule has 1 saturated carbocycles. The highest BCUT2D eigenvalue weighted by Gasteiger charge is 2.48. The van der Waals surface area contributed by atoms with Crippen LogP contribution in [0.25, 0.3) is 11.5 Å². The van der Waals surface area contributed by atoms with Crippen molar-refractivity contribution in [1.82, 2.24) is 14.8 Å². The Morgan fingerprint density at radius 1 is 1.12 bits per heavy atom. The van der Waals surface area contributed by atoms with Crippen LogP contribution in [-0.2, 0) is 17.9 Å². The van der Waals surface area contributed by atoms with Crippen molar-refractivity contribution < 1.29 is 18.4 Å². The lowest BCUT2D eigenvalue weighted by atomic mass is 9.91. The molecule has 3 aromatic rings. The van der Waals surface area contributed by atoms with Crippen LogP contribution in [0.5, 0.6) is 0 Å². The molecule has 0 saturated heterocycles. The van der Waals surface area contributed by atoms with Crippen LogP contribution in [0.15, 0.2) is 51.5 Å². The van der Waals surface area contributed by atoms with Gasteiger partial charge in [-0.3, -0.25) is 9.59 Å². The molecule has 1 atom stereocenters. The molecule has 1 N–H and O–H groups in total. The van der Waals surface area contributed by atoms with Crippen LogP contribution >= 0.6 is 0 Å². The molecule has 1 aliphatic carbocycles. The summed E-state index contributed by atoms with van der Waals surface area (Å²) in [5.41, 5.74) is 0.272. The summed E-state index contributed by atoms with van der Waals surface area (Å²) in [5.74, 6) is 1.81. The quantitative estimate of drug-likeness (QED) is 0.639. The summed E-state index contributed by atoms with van der Waals surface area (Å²) >= 11 is 0. The van der Waals surface area contributed by atoms with Crippen molar-refractivity contribution in [3.05, 3.63) is 59.9 Å². The van der Waals surface area contributed by atoms with Crippen molar-refractivity contribution in [2.45, 2.75) is 70.6 Å². The van der Waals surface area contributed by atoms with E-state index in [4.69, 9.17) is 8.83 Å². The molecule has 1 fully saturated rings. The number of furan rings is 2. The summed E-state index contributed by atoms with van der Waals surface area (Å²) in [7, 11) is 0. The first-order valence-corrected chi connectivity index (χ1v) is 11.4. The monoisotopic (exact) mass is 435 g/mol. The molecule has 7 nitrogen and oxygen atoms in total. The first-order chi connectivity index (χ1) is 15.5. The normalized spacial score (nSPS) is 21.6. The number of nitrogens with zero attached hydrogens (tertiary/aromatic N) is 2. The predicted molar refractivity (Wildman–Crippen MR) is 119 cm³/mol. The van der Waals surface area contributed by atoms with E-state index in [2.05, 4.69) is 5.32 Å². The van der Waals surface area contributed by atoms with Gasteiger partial charge in [0.1, 0.15) is 28.5 Å². The van der Waals surface area contributed by atoms with Crippen molar-refractivity contribution in [1.29, 1.82) is 0 Å². The van der Waals surface area contributed by atoms with E-state index in [0.717, 1.165) is 37.1 Å². The Kier molecular flexibility index (Phi) is 5.19. The zero-order chi connectivity index (χ0) is 22.3. The molecule has 0 bridgehead atoms. The summed E-state index contributed by atoms with van der Waals surface area (Å²) in [6, 6.07) is 11.3. The minimum absolute atomic E-state index is 0.120. The van der Waals surface area contributed by atoms with Gasteiger partial charge < -0.3 is 23.6 Å². The number of carbonyl (C=O) groups is 2. The van der Waals surface area contributed by atoms with Gasteiger partial charge in [0.25, 0.3) is 5.91 Å². The SMILES string of the molecule is Cc1ccc(CN2C(=O)c3ccc(-c4ccco4)n3C[C@]2(C)C(=O)NC2CCCCC2)o1. The molecule has 1 aliphatic heterocycles. The van der Waals surface area contributed by atoms with Gasteiger partial charge in [-0.1, -0.05) is 19.3 Å². The standard InChI is InChI=1S/C25H29N3O4/c1-17-10-11-19(32-17)15-28-23(29)21-13-12-20(22-9-6-14-31-22)27(21)16-25(28,2)24(30)26-18-7-4-3-5-8-18/h6,9-14,18H,3-5,7-8,15-16H2,1-2H3,(H,26,30)/t25-/m1/s1. The summed E-state index contributed by atoms with van der Waals surface area (Å²) < 4.78 is 13.3. The zero-order valence-electron chi connectivity index (χ0n) is 18.6. The molecule has 0 radical (unpaired) electrons. The molecular weight excluding hydrogens is 406 g/mol. The smallest absolute Gasteiger partial charge is 0.271 e. The number of fused-ring (bicyclic) bond motifs is 1. The van der Waals surface area contributed by atoms with Crippen molar-refractivity contribution in [3.8, 4) is 11.5 Å². The largest absolute Gasteiger partial charge is 0.464 e. The third-order valence-electron chi connectivity index (χ3n) is 6.82. The van der Waals surface area contributed by atoms with E-state index in [1.165, 1.54) is 6.42 Å². The van der Waals surface area contributed by atoms with Gasteiger partial charge in [0, 0.05) is 6.04 Å². The predicted octanol–water partition coefficient (Wildman–Crippen LogP) is 4.51. The molecule has 7 heteroatoms. The van der Waals surface area contributed by atoms with E-state index in [9.17, 15) is 9.59 Å². The lowest BCUT2D eigenvalue weighted by Gasteiger charge is -2.44. The second kappa shape index (κ2) is 8.04. The number of amides is 2. The van der Waals surface area contributed by atoms with Crippen LogP contribution in [-0.4, -0.2) is 32.9 Å². The number of hydrogen-bond acceptors (Lipinski definition) is 4. The Morgan fingerprint density at radius 2 is 1.91 bits per heavy atom. The molecule has 5 rings (SSSR count). The highest BCUT2D eigenvalue weighted by molar-refractivity contribution is 6.00. The van der Waals surface area contributed by atoms with E-state index in [-0.39, 0.29) is 24.4 Å². The molecule has 0 unspecified atom stereocenters. The molecule has 32 heavy (non-hydrogen) atoms. The molecular formula is C25H29N3O4. The maximum atomic E-state index is 13.7. The molecule has 3 aromatic heterocycles. The highest BCUT2D eigenvalue weighted by Crippen LogP contribution is 2.35. The third-order valence-corrected chi connectivity index (χ3v) is 6.82. The topological polar surface area (TPSA) is 80.6 Å². The molecule has 2 amide bonds. The van der Waals surface area contributed by atoms with Crippen molar-refractivity contribution in [2.24, 2.45) is 0 Å². The summed E-state index contributed by atoms with van der Waals surface area (Å²) in [4.78, 5) is 29.0. The summed E-state index contributed by atoms with van der Waals surface area (Å²) in [5, 5.41) is 3.25. The molecule has 0 aromatic carbocycles. The first kappa shape index (κ1) is 20.7. The average Bonchev–Trinajstić information content (AvgIpc) is 3.53. The van der Waals surface area contributed by atoms with E-state index < -0.39 is 5.54 Å². The number of nitrogens with one attached hydrogen (secondary N) is 1.